The summed E-state index contributed by atoms with van der Waals surface area (Å²) in [4.78, 5) is 24.1. The second-order valence-electron chi connectivity index (χ2n) is 4.39. The average Bonchev–Trinajstić information content (AvgIpc) is 2.37. The van der Waals surface area contributed by atoms with Gasteiger partial charge in [0.2, 0.25) is 5.91 Å². The van der Waals surface area contributed by atoms with Crippen molar-refractivity contribution in [2.75, 3.05) is 13.1 Å². The Bertz CT molecular complexity index is 485. The number of aliphatic carboxylic acids is 1. The molecule has 0 aromatic heterocycles. The summed E-state index contributed by atoms with van der Waals surface area (Å²) >= 11 is 0. The molecule has 0 radical (unpaired) electrons. The van der Waals surface area contributed by atoms with E-state index < -0.39 is 5.97 Å². The van der Waals surface area contributed by atoms with E-state index in [2.05, 4.69) is 0 Å². The van der Waals surface area contributed by atoms with Crippen LogP contribution < -0.4 is 5.73 Å². The largest absolute Gasteiger partial charge is 0.481 e. The first-order valence-corrected chi connectivity index (χ1v) is 5.91. The van der Waals surface area contributed by atoms with Crippen molar-refractivity contribution in [1.82, 2.24) is 4.90 Å². The fourth-order valence-electron chi connectivity index (χ4n) is 2.36. The fraction of sp³-hybridized carbons (Fsp3) is 0.385. The monoisotopic (exact) mass is 248 g/mol. The highest BCUT2D eigenvalue weighted by Gasteiger charge is 2.21. The summed E-state index contributed by atoms with van der Waals surface area (Å²) in [6, 6.07) is 5.62. The highest BCUT2D eigenvalue weighted by Crippen LogP contribution is 2.23. The smallest absolute Gasteiger partial charge is 0.307 e. The van der Waals surface area contributed by atoms with Crippen molar-refractivity contribution in [2.24, 2.45) is 5.73 Å². The van der Waals surface area contributed by atoms with E-state index in [0.29, 0.717) is 19.5 Å². The molecule has 1 aromatic carbocycles. The lowest BCUT2D eigenvalue weighted by Crippen LogP contribution is -2.39. The minimum Gasteiger partial charge on any atom is -0.481 e. The van der Waals surface area contributed by atoms with Crippen LogP contribution in [0.1, 0.15) is 16.7 Å². The normalized spacial score (nSPS) is 14.2. The zero-order chi connectivity index (χ0) is 13.1. The van der Waals surface area contributed by atoms with Gasteiger partial charge in [0.05, 0.1) is 13.0 Å². The molecule has 1 amide bonds. The maximum atomic E-state index is 11.5. The summed E-state index contributed by atoms with van der Waals surface area (Å²) in [6.45, 7) is 1.16. The molecule has 1 aromatic rings. The molecule has 2 rings (SSSR count). The second kappa shape index (κ2) is 5.18. The number of fused-ring (bicyclic) bond motifs is 1. The van der Waals surface area contributed by atoms with Crippen molar-refractivity contribution in [2.45, 2.75) is 19.4 Å². The van der Waals surface area contributed by atoms with Crippen molar-refractivity contribution in [3.8, 4) is 0 Å². The number of benzene rings is 1. The minimum atomic E-state index is -0.830. The summed E-state index contributed by atoms with van der Waals surface area (Å²) in [6.07, 6.45) is 0.735. The van der Waals surface area contributed by atoms with Crippen LogP contribution in [0.5, 0.6) is 0 Å². The number of nitrogens with zero attached hydrogens (tertiary/aromatic N) is 1. The van der Waals surface area contributed by atoms with Gasteiger partial charge in [-0.2, -0.15) is 0 Å². The summed E-state index contributed by atoms with van der Waals surface area (Å²) in [7, 11) is 0. The predicted octanol–water partition coefficient (Wildman–Crippen LogP) is 0.157. The number of carboxylic acids is 1. The van der Waals surface area contributed by atoms with Crippen LogP contribution in [-0.4, -0.2) is 35.0 Å². The Morgan fingerprint density at radius 2 is 2.17 bits per heavy atom. The molecule has 0 saturated carbocycles. The number of nitrogens with two attached hydrogens (primary N) is 1. The minimum absolute atomic E-state index is 0.0180. The van der Waals surface area contributed by atoms with Gasteiger partial charge in [0.1, 0.15) is 0 Å². The Balaban J connectivity index is 2.24. The van der Waals surface area contributed by atoms with Crippen LogP contribution in [0.25, 0.3) is 0 Å². The van der Waals surface area contributed by atoms with E-state index in [1.165, 1.54) is 0 Å². The van der Waals surface area contributed by atoms with Crippen LogP contribution in [0.3, 0.4) is 0 Å². The Morgan fingerprint density at radius 1 is 1.39 bits per heavy atom. The standard InChI is InChI=1S/C13H16N2O3/c14-7-12(16)15-5-4-11-9(6-13(17)18)2-1-3-10(11)8-15/h1-3H,4-8,14H2,(H,17,18). The third-order valence-electron chi connectivity index (χ3n) is 3.23. The van der Waals surface area contributed by atoms with E-state index in [0.717, 1.165) is 16.7 Å². The van der Waals surface area contributed by atoms with E-state index in [-0.39, 0.29) is 18.9 Å². The number of carboxylic acid groups (broad SMARTS) is 1. The van der Waals surface area contributed by atoms with Crippen molar-refractivity contribution >= 4 is 11.9 Å². The van der Waals surface area contributed by atoms with Gasteiger partial charge in [-0.1, -0.05) is 18.2 Å². The molecule has 0 fully saturated rings. The van der Waals surface area contributed by atoms with Crippen LogP contribution in [0.15, 0.2) is 18.2 Å². The highest BCUT2D eigenvalue weighted by molar-refractivity contribution is 5.78. The fourth-order valence-corrected chi connectivity index (χ4v) is 2.36. The van der Waals surface area contributed by atoms with Crippen molar-refractivity contribution in [3.05, 3.63) is 34.9 Å². The number of hydrogen-bond acceptors (Lipinski definition) is 3. The summed E-state index contributed by atoms with van der Waals surface area (Å²) < 4.78 is 0. The zero-order valence-electron chi connectivity index (χ0n) is 10.1. The molecule has 3 N–H and O–H groups in total. The second-order valence-corrected chi connectivity index (χ2v) is 4.39. The highest BCUT2D eigenvalue weighted by atomic mass is 16.4. The molecular weight excluding hydrogens is 232 g/mol. The molecule has 18 heavy (non-hydrogen) atoms. The van der Waals surface area contributed by atoms with Gasteiger partial charge in [0.15, 0.2) is 0 Å². The number of carbonyl (C=O) groups excluding carboxylic acids is 1. The van der Waals surface area contributed by atoms with Gasteiger partial charge in [-0.3, -0.25) is 9.59 Å². The van der Waals surface area contributed by atoms with E-state index in [4.69, 9.17) is 10.8 Å². The lowest BCUT2D eigenvalue weighted by molar-refractivity contribution is -0.136. The molecular formula is C13H16N2O3. The molecule has 0 bridgehead atoms. The van der Waals surface area contributed by atoms with Gasteiger partial charge >= 0.3 is 5.97 Å². The lowest BCUT2D eigenvalue weighted by Gasteiger charge is -2.29. The third kappa shape index (κ3) is 2.51. The predicted molar refractivity (Wildman–Crippen MR) is 66.0 cm³/mol. The van der Waals surface area contributed by atoms with Crippen LogP contribution in [0, 0.1) is 0 Å². The molecule has 96 valence electrons. The molecule has 0 saturated heterocycles. The van der Waals surface area contributed by atoms with Gasteiger partial charge in [-0.15, -0.1) is 0 Å². The van der Waals surface area contributed by atoms with Gasteiger partial charge in [0, 0.05) is 13.1 Å². The topological polar surface area (TPSA) is 83.6 Å². The first-order chi connectivity index (χ1) is 8.61. The summed E-state index contributed by atoms with van der Waals surface area (Å²) in [5.41, 5.74) is 8.30. The molecule has 5 heteroatoms. The molecule has 1 heterocycles. The number of carbonyl (C=O) groups is 2. The zero-order valence-corrected chi connectivity index (χ0v) is 10.1. The first kappa shape index (κ1) is 12.6. The quantitative estimate of drug-likeness (QED) is 0.798. The Hall–Kier alpha value is -1.88. The lowest BCUT2D eigenvalue weighted by atomic mass is 9.93. The number of rotatable bonds is 3. The molecule has 0 spiro atoms. The van der Waals surface area contributed by atoms with Crippen LogP contribution in [0.2, 0.25) is 0 Å². The Morgan fingerprint density at radius 3 is 2.83 bits per heavy atom. The Labute approximate surface area is 105 Å². The van der Waals surface area contributed by atoms with Gasteiger partial charge in [-0.25, -0.2) is 0 Å². The van der Waals surface area contributed by atoms with E-state index >= 15 is 0 Å². The maximum absolute atomic E-state index is 11.5. The number of amides is 1. The maximum Gasteiger partial charge on any atom is 0.307 e. The van der Waals surface area contributed by atoms with Gasteiger partial charge < -0.3 is 15.7 Å². The number of hydrogen-bond donors (Lipinski definition) is 2. The molecule has 0 atom stereocenters. The van der Waals surface area contributed by atoms with E-state index in [1.807, 2.05) is 18.2 Å². The summed E-state index contributed by atoms with van der Waals surface area (Å²) in [5, 5.41) is 8.87. The summed E-state index contributed by atoms with van der Waals surface area (Å²) in [5.74, 6) is -0.895. The van der Waals surface area contributed by atoms with Gasteiger partial charge in [-0.05, 0) is 23.1 Å². The van der Waals surface area contributed by atoms with Crippen molar-refractivity contribution in [3.63, 3.8) is 0 Å². The first-order valence-electron chi connectivity index (χ1n) is 5.91. The Kier molecular flexibility index (Phi) is 3.62. The molecule has 0 unspecified atom stereocenters. The molecule has 5 nitrogen and oxygen atoms in total. The van der Waals surface area contributed by atoms with Crippen molar-refractivity contribution < 1.29 is 14.7 Å². The van der Waals surface area contributed by atoms with E-state index in [9.17, 15) is 9.59 Å². The van der Waals surface area contributed by atoms with Crippen LogP contribution in [-0.2, 0) is 29.0 Å². The average molecular weight is 248 g/mol. The molecule has 1 aliphatic rings. The molecule has 1 aliphatic heterocycles. The SMILES string of the molecule is NCC(=O)N1CCc2c(CC(=O)O)cccc2C1. The van der Waals surface area contributed by atoms with Crippen molar-refractivity contribution in [1.29, 1.82) is 0 Å². The van der Waals surface area contributed by atoms with E-state index in [1.54, 1.807) is 4.90 Å². The van der Waals surface area contributed by atoms with Crippen LogP contribution in [0.4, 0.5) is 0 Å². The molecule has 0 aliphatic carbocycles. The van der Waals surface area contributed by atoms with Crippen LogP contribution >= 0.6 is 0 Å². The third-order valence-corrected chi connectivity index (χ3v) is 3.23. The van der Waals surface area contributed by atoms with Gasteiger partial charge in [0.25, 0.3) is 0 Å².